The summed E-state index contributed by atoms with van der Waals surface area (Å²) >= 11 is 1.58. The Morgan fingerprint density at radius 3 is 3.04 bits per heavy atom. The molecule has 1 atom stereocenters. The molecule has 3 heterocycles. The minimum Gasteiger partial charge on any atom is -0.348 e. The van der Waals surface area contributed by atoms with Gasteiger partial charge in [0.15, 0.2) is 0 Å². The zero-order chi connectivity index (χ0) is 17.1. The van der Waals surface area contributed by atoms with Gasteiger partial charge in [0.25, 0.3) is 0 Å². The summed E-state index contributed by atoms with van der Waals surface area (Å²) in [5.41, 5.74) is 3.37. The van der Waals surface area contributed by atoms with Crippen LogP contribution in [0.1, 0.15) is 40.8 Å². The number of aryl methyl sites for hydroxylation is 1. The van der Waals surface area contributed by atoms with Crippen LogP contribution >= 0.6 is 11.3 Å². The Hall–Kier alpha value is -1.73. The number of H-pyrrole nitrogens is 1. The molecule has 3 rings (SSSR count). The predicted octanol–water partition coefficient (Wildman–Crippen LogP) is 2.18. The fourth-order valence-electron chi connectivity index (χ4n) is 3.11. The quantitative estimate of drug-likeness (QED) is 0.900. The summed E-state index contributed by atoms with van der Waals surface area (Å²) in [6.45, 7) is 5.02. The first-order chi connectivity index (χ1) is 11.5. The minimum atomic E-state index is 0.0999. The van der Waals surface area contributed by atoms with E-state index in [9.17, 15) is 4.79 Å². The lowest BCUT2D eigenvalue weighted by molar-refractivity contribution is -0.127. The van der Waals surface area contributed by atoms with Crippen molar-refractivity contribution in [2.24, 2.45) is 0 Å². The van der Waals surface area contributed by atoms with E-state index in [0.29, 0.717) is 12.3 Å². The number of nitrogens with one attached hydrogen (secondary N) is 1. The first-order valence-corrected chi connectivity index (χ1v) is 9.27. The number of carbonyl (C=O) groups is 1. The zero-order valence-electron chi connectivity index (χ0n) is 14.6. The van der Waals surface area contributed by atoms with E-state index in [-0.39, 0.29) is 5.91 Å². The van der Waals surface area contributed by atoms with Crippen LogP contribution in [0, 0.1) is 6.92 Å². The Bertz CT molecular complexity index is 693. The van der Waals surface area contributed by atoms with E-state index >= 15 is 0 Å². The van der Waals surface area contributed by atoms with Crippen molar-refractivity contribution >= 4 is 17.2 Å². The molecule has 2 aromatic rings. The number of aromatic nitrogens is 3. The molecule has 1 saturated heterocycles. The highest BCUT2D eigenvalue weighted by Crippen LogP contribution is 2.27. The van der Waals surface area contributed by atoms with Crippen LogP contribution < -0.4 is 0 Å². The first kappa shape index (κ1) is 17.1. The second-order valence-corrected chi connectivity index (χ2v) is 7.69. The van der Waals surface area contributed by atoms with E-state index in [1.807, 2.05) is 6.92 Å². The number of rotatable bonds is 5. The Kier molecular flexibility index (Phi) is 5.30. The average molecular weight is 347 g/mol. The zero-order valence-corrected chi connectivity index (χ0v) is 15.4. The Morgan fingerprint density at radius 1 is 1.50 bits per heavy atom. The third-order valence-corrected chi connectivity index (χ3v) is 5.33. The van der Waals surface area contributed by atoms with Crippen molar-refractivity contribution in [1.29, 1.82) is 0 Å². The van der Waals surface area contributed by atoms with Crippen LogP contribution in [0.2, 0.25) is 0 Å². The van der Waals surface area contributed by atoms with Gasteiger partial charge in [0.1, 0.15) is 5.01 Å². The lowest BCUT2D eigenvalue weighted by Crippen LogP contribution is -2.34. The van der Waals surface area contributed by atoms with Crippen LogP contribution in [-0.4, -0.2) is 58.1 Å². The Labute approximate surface area is 146 Å². The molecule has 1 amide bonds. The summed E-state index contributed by atoms with van der Waals surface area (Å²) in [5.74, 6) is 0.597. The molecular weight excluding hydrogens is 322 g/mol. The molecule has 7 heteroatoms. The second kappa shape index (κ2) is 7.44. The molecule has 0 aromatic carbocycles. The van der Waals surface area contributed by atoms with Gasteiger partial charge in [0.2, 0.25) is 5.91 Å². The standard InChI is InChI=1S/C17H25N5OS/c1-12-7-15(20-19-12)13-5-4-6-22(9-13)10-14-11-24-16(18-14)8-17(23)21(2)3/h7,11,13H,4-6,8-10H2,1-3H3,(H,19,20)/t13-/m1/s1. The second-order valence-electron chi connectivity index (χ2n) is 6.75. The molecule has 0 radical (unpaired) electrons. The number of likely N-dealkylation sites (tertiary alicyclic amines) is 1. The molecule has 130 valence electrons. The number of nitrogens with zero attached hydrogens (tertiary/aromatic N) is 4. The number of likely N-dealkylation sites (N-methyl/N-ethyl adjacent to an activating group) is 1. The van der Waals surface area contributed by atoms with Gasteiger partial charge < -0.3 is 4.90 Å². The fourth-order valence-corrected chi connectivity index (χ4v) is 3.88. The lowest BCUT2D eigenvalue weighted by atomic mass is 9.94. The topological polar surface area (TPSA) is 65.1 Å². The van der Waals surface area contributed by atoms with Gasteiger partial charge in [0, 0.05) is 44.2 Å². The normalized spacial score (nSPS) is 18.7. The van der Waals surface area contributed by atoms with Crippen molar-refractivity contribution in [3.05, 3.63) is 33.5 Å². The van der Waals surface area contributed by atoms with Crippen LogP contribution in [0.5, 0.6) is 0 Å². The number of aromatic amines is 1. The van der Waals surface area contributed by atoms with E-state index < -0.39 is 0 Å². The summed E-state index contributed by atoms with van der Waals surface area (Å²) in [7, 11) is 3.56. The van der Waals surface area contributed by atoms with Gasteiger partial charge in [-0.1, -0.05) is 0 Å². The molecule has 6 nitrogen and oxygen atoms in total. The van der Waals surface area contributed by atoms with Crippen molar-refractivity contribution in [2.75, 3.05) is 27.2 Å². The monoisotopic (exact) mass is 347 g/mol. The maximum absolute atomic E-state index is 11.8. The molecule has 2 aromatic heterocycles. The molecule has 1 aliphatic heterocycles. The number of thiazole rings is 1. The summed E-state index contributed by atoms with van der Waals surface area (Å²) in [6.07, 6.45) is 2.78. The van der Waals surface area contributed by atoms with Gasteiger partial charge >= 0.3 is 0 Å². The molecule has 1 aliphatic rings. The van der Waals surface area contributed by atoms with E-state index in [0.717, 1.165) is 36.0 Å². The molecule has 1 fully saturated rings. The highest BCUT2D eigenvalue weighted by atomic mass is 32.1. The van der Waals surface area contributed by atoms with Crippen LogP contribution in [0.25, 0.3) is 0 Å². The average Bonchev–Trinajstić information content (AvgIpc) is 3.17. The molecule has 0 saturated carbocycles. The number of hydrogen-bond donors (Lipinski definition) is 1. The van der Waals surface area contributed by atoms with Crippen LogP contribution in [0.15, 0.2) is 11.4 Å². The van der Waals surface area contributed by atoms with Crippen LogP contribution in [-0.2, 0) is 17.8 Å². The summed E-state index contributed by atoms with van der Waals surface area (Å²) in [6, 6.07) is 2.15. The van der Waals surface area contributed by atoms with E-state index in [1.165, 1.54) is 18.5 Å². The van der Waals surface area contributed by atoms with Gasteiger partial charge in [-0.3, -0.25) is 14.8 Å². The molecule has 1 N–H and O–H groups in total. The maximum Gasteiger partial charge on any atom is 0.228 e. The third kappa shape index (κ3) is 4.21. The maximum atomic E-state index is 11.8. The van der Waals surface area contributed by atoms with Crippen molar-refractivity contribution in [1.82, 2.24) is 25.0 Å². The van der Waals surface area contributed by atoms with Crippen molar-refractivity contribution in [3.63, 3.8) is 0 Å². The van der Waals surface area contributed by atoms with Crippen molar-refractivity contribution < 1.29 is 4.79 Å². The largest absolute Gasteiger partial charge is 0.348 e. The smallest absolute Gasteiger partial charge is 0.228 e. The van der Waals surface area contributed by atoms with Crippen molar-refractivity contribution in [2.45, 2.75) is 38.6 Å². The number of amides is 1. The van der Waals surface area contributed by atoms with Gasteiger partial charge in [-0.2, -0.15) is 5.10 Å². The van der Waals surface area contributed by atoms with Crippen molar-refractivity contribution in [3.8, 4) is 0 Å². The Morgan fingerprint density at radius 2 is 2.33 bits per heavy atom. The van der Waals surface area contributed by atoms with Gasteiger partial charge in [-0.25, -0.2) is 4.98 Å². The molecule has 0 bridgehead atoms. The summed E-state index contributed by atoms with van der Waals surface area (Å²) < 4.78 is 0. The highest BCUT2D eigenvalue weighted by Gasteiger charge is 2.23. The van der Waals surface area contributed by atoms with Gasteiger partial charge in [-0.05, 0) is 32.4 Å². The summed E-state index contributed by atoms with van der Waals surface area (Å²) in [5, 5.41) is 10.5. The highest BCUT2D eigenvalue weighted by molar-refractivity contribution is 7.09. The third-order valence-electron chi connectivity index (χ3n) is 4.44. The molecule has 0 spiro atoms. The van der Waals surface area contributed by atoms with Gasteiger partial charge in [-0.15, -0.1) is 11.3 Å². The predicted molar refractivity (Wildman–Crippen MR) is 95.1 cm³/mol. The lowest BCUT2D eigenvalue weighted by Gasteiger charge is -2.31. The molecule has 0 aliphatic carbocycles. The van der Waals surface area contributed by atoms with E-state index in [4.69, 9.17) is 0 Å². The number of carbonyl (C=O) groups excluding carboxylic acids is 1. The molecule has 24 heavy (non-hydrogen) atoms. The SMILES string of the molecule is Cc1cc([C@@H]2CCCN(Cc3csc(CC(=O)N(C)C)n3)C2)n[nH]1. The molecule has 0 unspecified atom stereocenters. The van der Waals surface area contributed by atoms with Crippen LogP contribution in [0.4, 0.5) is 0 Å². The minimum absolute atomic E-state index is 0.0999. The van der Waals surface area contributed by atoms with E-state index in [1.54, 1.807) is 30.3 Å². The van der Waals surface area contributed by atoms with Crippen LogP contribution in [0.3, 0.4) is 0 Å². The molecular formula is C17H25N5OS. The summed E-state index contributed by atoms with van der Waals surface area (Å²) in [4.78, 5) is 20.5. The number of hydrogen-bond acceptors (Lipinski definition) is 5. The van der Waals surface area contributed by atoms with Gasteiger partial charge in [0.05, 0.1) is 17.8 Å². The first-order valence-electron chi connectivity index (χ1n) is 8.39. The van der Waals surface area contributed by atoms with E-state index in [2.05, 4.69) is 31.5 Å². The Balaban J connectivity index is 1.57. The fraction of sp³-hybridized carbons (Fsp3) is 0.588. The number of piperidine rings is 1.